The van der Waals surface area contributed by atoms with E-state index in [4.69, 9.17) is 14.7 Å². The van der Waals surface area contributed by atoms with Crippen LogP contribution in [0.15, 0.2) is 0 Å². The van der Waals surface area contributed by atoms with Gasteiger partial charge in [-0.25, -0.2) is 0 Å². The first-order valence-corrected chi connectivity index (χ1v) is 4.36. The van der Waals surface area contributed by atoms with Crippen LogP contribution in [0.4, 0.5) is 0 Å². The van der Waals surface area contributed by atoms with Crippen LogP contribution in [0.3, 0.4) is 0 Å². The van der Waals surface area contributed by atoms with E-state index >= 15 is 0 Å². The number of nitrogens with zero attached hydrogens (tertiary/aromatic N) is 1. The molecule has 0 bridgehead atoms. The monoisotopic (exact) mass is 171 g/mol. The second-order valence-corrected chi connectivity index (χ2v) is 2.62. The highest BCUT2D eigenvalue weighted by Gasteiger charge is 2.16. The maximum absolute atomic E-state index is 8.46. The van der Waals surface area contributed by atoms with E-state index in [9.17, 15) is 0 Å². The second-order valence-electron chi connectivity index (χ2n) is 2.62. The van der Waals surface area contributed by atoms with Crippen LogP contribution >= 0.6 is 0 Å². The molecule has 0 aliphatic rings. The van der Waals surface area contributed by atoms with Crippen molar-refractivity contribution >= 4 is 0 Å². The first-order chi connectivity index (χ1) is 5.76. The van der Waals surface area contributed by atoms with E-state index in [1.54, 1.807) is 0 Å². The van der Waals surface area contributed by atoms with Gasteiger partial charge in [-0.05, 0) is 13.8 Å². The fourth-order valence-electron chi connectivity index (χ4n) is 0.945. The molecule has 0 saturated carbocycles. The zero-order valence-corrected chi connectivity index (χ0v) is 8.04. The molecule has 0 amide bonds. The lowest BCUT2D eigenvalue weighted by Gasteiger charge is -2.21. The van der Waals surface area contributed by atoms with Crippen LogP contribution in [-0.4, -0.2) is 19.5 Å². The van der Waals surface area contributed by atoms with Gasteiger partial charge in [0.25, 0.3) is 0 Å². The van der Waals surface area contributed by atoms with Gasteiger partial charge in [-0.15, -0.1) is 0 Å². The number of hydrogen-bond donors (Lipinski definition) is 0. The first-order valence-electron chi connectivity index (χ1n) is 4.36. The smallest absolute Gasteiger partial charge is 0.161 e. The highest BCUT2D eigenvalue weighted by atomic mass is 16.7. The van der Waals surface area contributed by atoms with Crippen LogP contribution in [0, 0.1) is 17.2 Å². The van der Waals surface area contributed by atoms with E-state index in [0.717, 1.165) is 0 Å². The maximum Gasteiger partial charge on any atom is 0.161 e. The molecule has 0 fully saturated rings. The largest absolute Gasteiger partial charge is 0.353 e. The van der Waals surface area contributed by atoms with E-state index in [1.165, 1.54) is 0 Å². The summed E-state index contributed by atoms with van der Waals surface area (Å²) in [5.41, 5.74) is 0. The first kappa shape index (κ1) is 11.4. The fraction of sp³-hybridized carbons (Fsp3) is 0.889. The van der Waals surface area contributed by atoms with Crippen LogP contribution < -0.4 is 0 Å². The molecule has 3 heteroatoms. The lowest BCUT2D eigenvalue weighted by Crippen LogP contribution is -2.25. The Bertz CT molecular complexity index is 136. The van der Waals surface area contributed by atoms with Crippen LogP contribution in [0.5, 0.6) is 0 Å². The molecule has 1 atom stereocenters. The number of hydrogen-bond acceptors (Lipinski definition) is 3. The van der Waals surface area contributed by atoms with Crippen molar-refractivity contribution in [1.82, 2.24) is 0 Å². The molecule has 0 radical (unpaired) electrons. The van der Waals surface area contributed by atoms with E-state index in [-0.39, 0.29) is 12.2 Å². The normalized spacial score (nSPS) is 12.9. The predicted molar refractivity (Wildman–Crippen MR) is 46.4 cm³/mol. The molecule has 12 heavy (non-hydrogen) atoms. The Hall–Kier alpha value is -0.590. The van der Waals surface area contributed by atoms with Crippen molar-refractivity contribution in [2.75, 3.05) is 13.2 Å². The molecule has 3 nitrogen and oxygen atoms in total. The minimum Gasteiger partial charge on any atom is -0.353 e. The van der Waals surface area contributed by atoms with Gasteiger partial charge >= 0.3 is 0 Å². The van der Waals surface area contributed by atoms with Crippen LogP contribution in [0.2, 0.25) is 0 Å². The molecule has 0 aromatic rings. The van der Waals surface area contributed by atoms with E-state index in [0.29, 0.717) is 19.6 Å². The van der Waals surface area contributed by atoms with E-state index in [2.05, 4.69) is 6.07 Å². The lowest BCUT2D eigenvalue weighted by molar-refractivity contribution is -0.162. The van der Waals surface area contributed by atoms with Crippen molar-refractivity contribution in [3.63, 3.8) is 0 Å². The van der Waals surface area contributed by atoms with Crippen molar-refractivity contribution in [2.24, 2.45) is 5.92 Å². The SMILES string of the molecule is CCOC(OCC)[C@H](C)CC#N. The summed E-state index contributed by atoms with van der Waals surface area (Å²) in [6, 6.07) is 2.10. The van der Waals surface area contributed by atoms with Gasteiger partial charge in [-0.1, -0.05) is 6.92 Å². The topological polar surface area (TPSA) is 42.2 Å². The van der Waals surface area contributed by atoms with E-state index < -0.39 is 0 Å². The Morgan fingerprint density at radius 3 is 2.08 bits per heavy atom. The third-order valence-corrected chi connectivity index (χ3v) is 1.54. The summed E-state index contributed by atoms with van der Waals surface area (Å²) in [6.07, 6.45) is 0.254. The minimum absolute atomic E-state index is 0.148. The van der Waals surface area contributed by atoms with Crippen molar-refractivity contribution in [1.29, 1.82) is 5.26 Å². The van der Waals surface area contributed by atoms with Crippen molar-refractivity contribution in [2.45, 2.75) is 33.5 Å². The Balaban J connectivity index is 3.82. The molecule has 0 saturated heterocycles. The molecular formula is C9H17NO2. The standard InChI is InChI=1S/C9H17NO2/c1-4-11-9(12-5-2)8(3)6-7-10/h8-9H,4-6H2,1-3H3/t8-/m1/s1. The highest BCUT2D eigenvalue weighted by molar-refractivity contribution is 4.75. The van der Waals surface area contributed by atoms with Crippen molar-refractivity contribution in [3.05, 3.63) is 0 Å². The molecule has 0 aliphatic carbocycles. The highest BCUT2D eigenvalue weighted by Crippen LogP contribution is 2.12. The molecule has 0 unspecified atom stereocenters. The molecule has 0 N–H and O–H groups in total. The summed E-state index contributed by atoms with van der Waals surface area (Å²) in [5, 5.41) is 8.46. The van der Waals surface area contributed by atoms with Gasteiger partial charge in [0.15, 0.2) is 6.29 Å². The molecule has 0 heterocycles. The molecule has 0 aliphatic heterocycles. The van der Waals surface area contributed by atoms with Gasteiger partial charge in [0.05, 0.1) is 6.07 Å². The van der Waals surface area contributed by atoms with Crippen LogP contribution in [-0.2, 0) is 9.47 Å². The Morgan fingerprint density at radius 2 is 1.75 bits per heavy atom. The van der Waals surface area contributed by atoms with Gasteiger partial charge in [0.1, 0.15) is 0 Å². The van der Waals surface area contributed by atoms with Crippen LogP contribution in [0.1, 0.15) is 27.2 Å². The fourth-order valence-corrected chi connectivity index (χ4v) is 0.945. The molecule has 0 aromatic heterocycles. The minimum atomic E-state index is -0.223. The van der Waals surface area contributed by atoms with Crippen LogP contribution in [0.25, 0.3) is 0 Å². The summed E-state index contributed by atoms with van der Waals surface area (Å²) in [6.45, 7) is 7.05. The molecule has 0 spiro atoms. The Labute approximate surface area is 74.3 Å². The maximum atomic E-state index is 8.46. The zero-order chi connectivity index (χ0) is 9.40. The summed E-state index contributed by atoms with van der Waals surface area (Å²) in [5.74, 6) is 0.148. The van der Waals surface area contributed by atoms with Crippen molar-refractivity contribution in [3.8, 4) is 6.07 Å². The summed E-state index contributed by atoms with van der Waals surface area (Å²) in [7, 11) is 0. The molecule has 70 valence electrons. The van der Waals surface area contributed by atoms with Crippen molar-refractivity contribution < 1.29 is 9.47 Å². The van der Waals surface area contributed by atoms with Gasteiger partial charge in [-0.3, -0.25) is 0 Å². The predicted octanol–water partition coefficient (Wildman–Crippen LogP) is 1.94. The summed E-state index contributed by atoms with van der Waals surface area (Å²) < 4.78 is 10.6. The zero-order valence-electron chi connectivity index (χ0n) is 8.04. The average Bonchev–Trinajstić information content (AvgIpc) is 2.04. The third-order valence-electron chi connectivity index (χ3n) is 1.54. The Kier molecular flexibility index (Phi) is 6.73. The average molecular weight is 171 g/mol. The lowest BCUT2D eigenvalue weighted by atomic mass is 10.1. The molecular weight excluding hydrogens is 154 g/mol. The Morgan fingerprint density at radius 1 is 1.25 bits per heavy atom. The number of ether oxygens (including phenoxy) is 2. The quantitative estimate of drug-likeness (QED) is 0.573. The number of rotatable bonds is 6. The van der Waals surface area contributed by atoms with Gasteiger partial charge in [-0.2, -0.15) is 5.26 Å². The number of nitriles is 1. The van der Waals surface area contributed by atoms with Gasteiger partial charge < -0.3 is 9.47 Å². The molecule has 0 rings (SSSR count). The third kappa shape index (κ3) is 4.32. The van der Waals surface area contributed by atoms with Gasteiger partial charge in [0, 0.05) is 25.6 Å². The van der Waals surface area contributed by atoms with E-state index in [1.807, 2.05) is 20.8 Å². The summed E-state index contributed by atoms with van der Waals surface area (Å²) >= 11 is 0. The van der Waals surface area contributed by atoms with Gasteiger partial charge in [0.2, 0.25) is 0 Å². The summed E-state index contributed by atoms with van der Waals surface area (Å²) in [4.78, 5) is 0. The second kappa shape index (κ2) is 7.08. The molecule has 0 aromatic carbocycles.